The minimum atomic E-state index is 0.104. The van der Waals surface area contributed by atoms with E-state index >= 15 is 0 Å². The number of hydrogen-bond acceptors (Lipinski definition) is 6. The summed E-state index contributed by atoms with van der Waals surface area (Å²) in [6, 6.07) is 0. The number of thiazole rings is 1. The number of anilines is 1. The van der Waals surface area contributed by atoms with Crippen molar-refractivity contribution in [1.82, 2.24) is 9.88 Å². The molecule has 5 nitrogen and oxygen atoms in total. The van der Waals surface area contributed by atoms with Gasteiger partial charge in [0.15, 0.2) is 5.13 Å². The molecule has 1 spiro atoms. The number of nitrogens with zero attached hydrogens (tertiary/aromatic N) is 2. The Bertz CT molecular complexity index is 492. The molecule has 1 aromatic heterocycles. The molecule has 0 amide bonds. The van der Waals surface area contributed by atoms with Gasteiger partial charge in [-0.05, 0) is 38.1 Å². The lowest BCUT2D eigenvalue weighted by Gasteiger charge is -2.40. The topological polar surface area (TPSA) is 46.6 Å². The third kappa shape index (κ3) is 3.87. The number of rotatable bonds is 5. The number of hydrogen-bond donors (Lipinski definition) is 1. The average molecular weight is 337 g/mol. The molecule has 3 fully saturated rings. The van der Waals surface area contributed by atoms with E-state index in [0.29, 0.717) is 5.92 Å². The van der Waals surface area contributed by atoms with Crippen LogP contribution in [0.1, 0.15) is 25.7 Å². The van der Waals surface area contributed by atoms with Crippen molar-refractivity contribution < 1.29 is 9.47 Å². The van der Waals surface area contributed by atoms with Crippen molar-refractivity contribution in [3.8, 4) is 0 Å². The first-order chi connectivity index (χ1) is 11.3. The lowest BCUT2D eigenvalue weighted by molar-refractivity contribution is -0.0545. The standard InChI is InChI=1S/C17H27N3O2S/c1-3-17(13-20(5-1)10-14-2-6-21-11-14)8-15(12-22-17)9-19-16-18-4-7-23-16/h4,7,14-15H,1-3,5-6,8-13H2,(H,18,19). The molecule has 0 bridgehead atoms. The molecule has 3 atom stereocenters. The second kappa shape index (κ2) is 7.05. The molecule has 4 heterocycles. The highest BCUT2D eigenvalue weighted by atomic mass is 32.1. The Kier molecular flexibility index (Phi) is 4.85. The molecule has 0 aliphatic carbocycles. The molecule has 128 valence electrons. The zero-order valence-corrected chi connectivity index (χ0v) is 14.5. The zero-order chi connectivity index (χ0) is 15.5. The Balaban J connectivity index is 1.28. The molecule has 1 N–H and O–H groups in total. The largest absolute Gasteiger partial charge is 0.381 e. The van der Waals surface area contributed by atoms with E-state index in [0.717, 1.165) is 44.0 Å². The number of aromatic nitrogens is 1. The fraction of sp³-hybridized carbons (Fsp3) is 0.824. The fourth-order valence-corrected chi connectivity index (χ4v) is 4.87. The lowest BCUT2D eigenvalue weighted by Crippen LogP contribution is -2.49. The van der Waals surface area contributed by atoms with Gasteiger partial charge in [-0.2, -0.15) is 0 Å². The first-order valence-electron chi connectivity index (χ1n) is 8.89. The Morgan fingerprint density at radius 3 is 3.22 bits per heavy atom. The molecule has 4 rings (SSSR count). The summed E-state index contributed by atoms with van der Waals surface area (Å²) < 4.78 is 11.9. The van der Waals surface area contributed by atoms with Gasteiger partial charge in [-0.3, -0.25) is 0 Å². The Hall–Kier alpha value is -0.690. The van der Waals surface area contributed by atoms with Crippen molar-refractivity contribution in [2.24, 2.45) is 11.8 Å². The van der Waals surface area contributed by atoms with Crippen molar-refractivity contribution in [3.05, 3.63) is 11.6 Å². The number of likely N-dealkylation sites (tertiary alicyclic amines) is 1. The molecule has 23 heavy (non-hydrogen) atoms. The van der Waals surface area contributed by atoms with Gasteiger partial charge in [-0.1, -0.05) is 0 Å². The summed E-state index contributed by atoms with van der Waals surface area (Å²) in [6.45, 7) is 7.29. The number of ether oxygens (including phenoxy) is 2. The maximum atomic E-state index is 6.33. The number of nitrogens with one attached hydrogen (secondary N) is 1. The van der Waals surface area contributed by atoms with E-state index < -0.39 is 0 Å². The lowest BCUT2D eigenvalue weighted by atomic mass is 9.86. The highest BCUT2D eigenvalue weighted by molar-refractivity contribution is 7.13. The molecule has 3 saturated heterocycles. The molecule has 0 radical (unpaired) electrons. The summed E-state index contributed by atoms with van der Waals surface area (Å²) in [5.74, 6) is 1.34. The van der Waals surface area contributed by atoms with E-state index in [1.165, 1.54) is 38.8 Å². The SMILES string of the molecule is c1csc(NCC2COC3(CCCN(CC4CCOC4)C3)C2)n1. The van der Waals surface area contributed by atoms with Crippen LogP contribution in [0.5, 0.6) is 0 Å². The van der Waals surface area contributed by atoms with Gasteiger partial charge in [0.25, 0.3) is 0 Å². The first-order valence-corrected chi connectivity index (χ1v) is 9.77. The molecular weight excluding hydrogens is 310 g/mol. The van der Waals surface area contributed by atoms with Gasteiger partial charge in [-0.25, -0.2) is 4.98 Å². The Labute approximate surface area is 142 Å². The maximum absolute atomic E-state index is 6.33. The quantitative estimate of drug-likeness (QED) is 0.894. The van der Waals surface area contributed by atoms with Crippen molar-refractivity contribution >= 4 is 16.5 Å². The molecular formula is C17H27N3O2S. The number of piperidine rings is 1. The predicted molar refractivity (Wildman–Crippen MR) is 92.0 cm³/mol. The van der Waals surface area contributed by atoms with E-state index in [9.17, 15) is 0 Å². The van der Waals surface area contributed by atoms with Crippen molar-refractivity contribution in [2.75, 3.05) is 51.3 Å². The molecule has 3 unspecified atom stereocenters. The van der Waals surface area contributed by atoms with Crippen molar-refractivity contribution in [2.45, 2.75) is 31.3 Å². The summed E-state index contributed by atoms with van der Waals surface area (Å²) in [4.78, 5) is 6.92. The minimum Gasteiger partial charge on any atom is -0.381 e. The van der Waals surface area contributed by atoms with Crippen LogP contribution < -0.4 is 5.32 Å². The summed E-state index contributed by atoms with van der Waals surface area (Å²) in [7, 11) is 0. The van der Waals surface area contributed by atoms with Crippen LogP contribution in [0, 0.1) is 11.8 Å². The van der Waals surface area contributed by atoms with Gasteiger partial charge in [0.2, 0.25) is 0 Å². The van der Waals surface area contributed by atoms with E-state index in [1.54, 1.807) is 11.3 Å². The van der Waals surface area contributed by atoms with Crippen LogP contribution in [0.4, 0.5) is 5.13 Å². The summed E-state index contributed by atoms with van der Waals surface area (Å²) in [6.07, 6.45) is 6.75. The van der Waals surface area contributed by atoms with E-state index in [-0.39, 0.29) is 5.60 Å². The van der Waals surface area contributed by atoms with Gasteiger partial charge < -0.3 is 19.7 Å². The van der Waals surface area contributed by atoms with Crippen LogP contribution in [0.3, 0.4) is 0 Å². The second-order valence-electron chi connectivity index (χ2n) is 7.35. The van der Waals surface area contributed by atoms with Crippen LogP contribution in [0.15, 0.2) is 11.6 Å². The van der Waals surface area contributed by atoms with E-state index in [2.05, 4.69) is 15.2 Å². The summed E-state index contributed by atoms with van der Waals surface area (Å²) >= 11 is 1.67. The molecule has 6 heteroatoms. The first kappa shape index (κ1) is 15.8. The van der Waals surface area contributed by atoms with Gasteiger partial charge in [0, 0.05) is 43.7 Å². The third-order valence-electron chi connectivity index (χ3n) is 5.42. The Morgan fingerprint density at radius 1 is 1.39 bits per heavy atom. The molecule has 3 aliphatic rings. The fourth-order valence-electron chi connectivity index (χ4n) is 4.34. The highest BCUT2D eigenvalue weighted by Crippen LogP contribution is 2.38. The zero-order valence-electron chi connectivity index (χ0n) is 13.7. The normalized spacial score (nSPS) is 35.1. The second-order valence-corrected chi connectivity index (χ2v) is 8.25. The van der Waals surface area contributed by atoms with E-state index in [4.69, 9.17) is 9.47 Å². The van der Waals surface area contributed by atoms with Crippen LogP contribution in [0.2, 0.25) is 0 Å². The van der Waals surface area contributed by atoms with Crippen molar-refractivity contribution in [3.63, 3.8) is 0 Å². The average Bonchev–Trinajstić information content (AvgIpc) is 3.28. The molecule has 1 aromatic rings. The van der Waals surface area contributed by atoms with Crippen LogP contribution >= 0.6 is 11.3 Å². The molecule has 3 aliphatic heterocycles. The van der Waals surface area contributed by atoms with Crippen molar-refractivity contribution in [1.29, 1.82) is 0 Å². The highest BCUT2D eigenvalue weighted by Gasteiger charge is 2.43. The Morgan fingerprint density at radius 2 is 2.39 bits per heavy atom. The van der Waals surface area contributed by atoms with Gasteiger partial charge in [0.1, 0.15) is 0 Å². The van der Waals surface area contributed by atoms with Crippen LogP contribution in [-0.2, 0) is 9.47 Å². The molecule has 0 aromatic carbocycles. The van der Waals surface area contributed by atoms with Crippen LogP contribution in [-0.4, -0.2) is 61.5 Å². The monoisotopic (exact) mass is 337 g/mol. The van der Waals surface area contributed by atoms with Gasteiger partial charge in [-0.15, -0.1) is 11.3 Å². The minimum absolute atomic E-state index is 0.104. The maximum Gasteiger partial charge on any atom is 0.182 e. The summed E-state index contributed by atoms with van der Waals surface area (Å²) in [5.41, 5.74) is 0.104. The molecule has 0 saturated carbocycles. The smallest absolute Gasteiger partial charge is 0.182 e. The third-order valence-corrected chi connectivity index (χ3v) is 6.15. The predicted octanol–water partition coefficient (Wildman–Crippen LogP) is 2.46. The van der Waals surface area contributed by atoms with E-state index in [1.807, 2.05) is 11.6 Å². The van der Waals surface area contributed by atoms with Crippen LogP contribution in [0.25, 0.3) is 0 Å². The van der Waals surface area contributed by atoms with Gasteiger partial charge >= 0.3 is 0 Å². The summed E-state index contributed by atoms with van der Waals surface area (Å²) in [5, 5.41) is 6.50. The van der Waals surface area contributed by atoms with Gasteiger partial charge in [0.05, 0.1) is 18.8 Å².